The van der Waals surface area contributed by atoms with Gasteiger partial charge in [-0.2, -0.15) is 0 Å². The molecule has 0 saturated carbocycles. The minimum atomic E-state index is -0.297. The first-order valence-corrected chi connectivity index (χ1v) is 7.82. The van der Waals surface area contributed by atoms with Crippen LogP contribution in [0.2, 0.25) is 0 Å². The van der Waals surface area contributed by atoms with E-state index in [0.717, 1.165) is 12.0 Å². The Morgan fingerprint density at radius 1 is 1.33 bits per heavy atom. The minimum absolute atomic E-state index is 0.00800. The third kappa shape index (κ3) is 2.60. The molecule has 1 unspecified atom stereocenters. The first-order valence-electron chi connectivity index (χ1n) is 7.82. The molecule has 0 radical (unpaired) electrons. The fourth-order valence-corrected chi connectivity index (χ4v) is 3.10. The van der Waals surface area contributed by atoms with Crippen LogP contribution in [-0.4, -0.2) is 64.2 Å². The molecule has 0 bridgehead atoms. The molecule has 4 rings (SSSR count). The molecule has 0 N–H and O–H groups in total. The highest BCUT2D eigenvalue weighted by atomic mass is 16.6. The quantitative estimate of drug-likeness (QED) is 0.846. The summed E-state index contributed by atoms with van der Waals surface area (Å²) in [6.45, 7) is 2.08. The number of pyridine rings is 1. The molecule has 1 atom stereocenters. The van der Waals surface area contributed by atoms with Crippen LogP contribution in [0.3, 0.4) is 0 Å². The van der Waals surface area contributed by atoms with E-state index in [-0.39, 0.29) is 23.7 Å². The van der Waals surface area contributed by atoms with Crippen LogP contribution in [0.5, 0.6) is 0 Å². The van der Waals surface area contributed by atoms with Gasteiger partial charge in [-0.1, -0.05) is 5.16 Å². The van der Waals surface area contributed by atoms with Crippen LogP contribution in [0.1, 0.15) is 16.9 Å². The predicted molar refractivity (Wildman–Crippen MR) is 82.1 cm³/mol. The van der Waals surface area contributed by atoms with Crippen molar-refractivity contribution >= 4 is 12.0 Å². The second kappa shape index (κ2) is 5.95. The molecule has 0 spiro atoms. The Morgan fingerprint density at radius 3 is 3.00 bits per heavy atom. The van der Waals surface area contributed by atoms with Crippen LogP contribution < -0.4 is 0 Å². The lowest BCUT2D eigenvalue weighted by Gasteiger charge is -2.21. The topological polar surface area (TPSA) is 88.8 Å². The van der Waals surface area contributed by atoms with Crippen molar-refractivity contribution < 1.29 is 18.8 Å². The summed E-state index contributed by atoms with van der Waals surface area (Å²) in [6.07, 6.45) is 3.77. The summed E-state index contributed by atoms with van der Waals surface area (Å²) >= 11 is 0. The number of carbonyl (C=O) groups excluding carboxylic acids is 2. The van der Waals surface area contributed by atoms with E-state index in [0.29, 0.717) is 32.0 Å². The molecule has 0 aromatic carbocycles. The molecule has 2 aromatic heterocycles. The monoisotopic (exact) mass is 328 g/mol. The van der Waals surface area contributed by atoms with E-state index in [1.807, 2.05) is 6.07 Å². The molecule has 8 nitrogen and oxygen atoms in total. The highest BCUT2D eigenvalue weighted by Crippen LogP contribution is 2.23. The van der Waals surface area contributed by atoms with Gasteiger partial charge in [-0.05, 0) is 18.6 Å². The molecule has 2 fully saturated rings. The Morgan fingerprint density at radius 2 is 2.25 bits per heavy atom. The summed E-state index contributed by atoms with van der Waals surface area (Å²) in [4.78, 5) is 31.6. The van der Waals surface area contributed by atoms with Gasteiger partial charge in [-0.3, -0.25) is 14.7 Å². The number of amides is 2. The van der Waals surface area contributed by atoms with E-state index in [4.69, 9.17) is 9.26 Å². The second-order valence-electron chi connectivity index (χ2n) is 5.82. The van der Waals surface area contributed by atoms with E-state index in [2.05, 4.69) is 10.1 Å². The van der Waals surface area contributed by atoms with Gasteiger partial charge in [0.15, 0.2) is 11.5 Å². The second-order valence-corrected chi connectivity index (χ2v) is 5.82. The number of aromatic nitrogens is 2. The van der Waals surface area contributed by atoms with Crippen molar-refractivity contribution in [1.82, 2.24) is 19.9 Å². The van der Waals surface area contributed by atoms with Gasteiger partial charge in [-0.25, -0.2) is 4.79 Å². The van der Waals surface area contributed by atoms with Crippen LogP contribution in [0.15, 0.2) is 35.1 Å². The van der Waals surface area contributed by atoms with Crippen molar-refractivity contribution in [2.24, 2.45) is 0 Å². The van der Waals surface area contributed by atoms with Gasteiger partial charge in [-0.15, -0.1) is 0 Å². The van der Waals surface area contributed by atoms with Crippen LogP contribution >= 0.6 is 0 Å². The summed E-state index contributed by atoms with van der Waals surface area (Å²) < 4.78 is 10.2. The third-order valence-corrected chi connectivity index (χ3v) is 4.36. The molecule has 2 aliphatic heterocycles. The smallest absolute Gasteiger partial charge is 0.410 e. The summed E-state index contributed by atoms with van der Waals surface area (Å²) in [5, 5.41) is 3.88. The molecule has 2 aliphatic rings. The normalized spacial score (nSPS) is 20.5. The molecule has 8 heteroatoms. The lowest BCUT2D eigenvalue weighted by molar-refractivity contribution is 0.0770. The van der Waals surface area contributed by atoms with Gasteiger partial charge in [0.1, 0.15) is 6.61 Å². The fourth-order valence-electron chi connectivity index (χ4n) is 3.10. The summed E-state index contributed by atoms with van der Waals surface area (Å²) in [7, 11) is 0. The average Bonchev–Trinajstić information content (AvgIpc) is 3.35. The zero-order valence-corrected chi connectivity index (χ0v) is 12.9. The number of carbonyl (C=O) groups is 2. The number of hydrogen-bond acceptors (Lipinski definition) is 6. The van der Waals surface area contributed by atoms with Crippen LogP contribution in [-0.2, 0) is 4.74 Å². The SMILES string of the molecule is O=C(c1cc(-c2cccnc2)on1)N1CCC(N2CCOC2=O)C1. The van der Waals surface area contributed by atoms with Crippen LogP contribution in [0.4, 0.5) is 4.79 Å². The Kier molecular flexibility index (Phi) is 3.64. The fraction of sp³-hybridized carbons (Fsp3) is 0.375. The predicted octanol–water partition coefficient (Wildman–Crippen LogP) is 1.40. The van der Waals surface area contributed by atoms with Crippen LogP contribution in [0.25, 0.3) is 11.3 Å². The Labute approximate surface area is 138 Å². The Bertz CT molecular complexity index is 760. The lowest BCUT2D eigenvalue weighted by Crippen LogP contribution is -2.39. The maximum atomic E-state index is 12.6. The molecule has 4 heterocycles. The van der Waals surface area contributed by atoms with Crippen molar-refractivity contribution in [3.8, 4) is 11.3 Å². The van der Waals surface area contributed by atoms with Crippen molar-refractivity contribution in [3.63, 3.8) is 0 Å². The largest absolute Gasteiger partial charge is 0.448 e. The summed E-state index contributed by atoms with van der Waals surface area (Å²) in [5.41, 5.74) is 1.03. The molecule has 2 aromatic rings. The van der Waals surface area contributed by atoms with E-state index in [1.165, 1.54) is 0 Å². The van der Waals surface area contributed by atoms with E-state index < -0.39 is 0 Å². The van der Waals surface area contributed by atoms with Gasteiger partial charge in [0.05, 0.1) is 12.6 Å². The molecule has 0 aliphatic carbocycles. The zero-order chi connectivity index (χ0) is 16.5. The van der Waals surface area contributed by atoms with E-state index in [1.54, 1.807) is 34.3 Å². The standard InChI is InChI=1S/C16H16N4O4/c21-15(13-8-14(24-18-13)11-2-1-4-17-9-11)19-5-3-12(10-19)20-6-7-23-16(20)22/h1-2,4,8-9,12H,3,5-7,10H2. The summed E-state index contributed by atoms with van der Waals surface area (Å²) in [6, 6.07) is 5.26. The minimum Gasteiger partial charge on any atom is -0.448 e. The average molecular weight is 328 g/mol. The first kappa shape index (κ1) is 14.7. The highest BCUT2D eigenvalue weighted by Gasteiger charge is 2.36. The third-order valence-electron chi connectivity index (χ3n) is 4.36. The maximum Gasteiger partial charge on any atom is 0.410 e. The Balaban J connectivity index is 1.45. The van der Waals surface area contributed by atoms with E-state index >= 15 is 0 Å². The zero-order valence-electron chi connectivity index (χ0n) is 12.9. The number of rotatable bonds is 3. The lowest BCUT2D eigenvalue weighted by atomic mass is 10.2. The molecular formula is C16H16N4O4. The van der Waals surface area contributed by atoms with Gasteiger partial charge in [0.25, 0.3) is 5.91 Å². The van der Waals surface area contributed by atoms with Gasteiger partial charge in [0, 0.05) is 37.1 Å². The van der Waals surface area contributed by atoms with Crippen molar-refractivity contribution in [1.29, 1.82) is 0 Å². The molecular weight excluding hydrogens is 312 g/mol. The number of ether oxygens (including phenoxy) is 1. The van der Waals surface area contributed by atoms with Crippen LogP contribution in [0, 0.1) is 0 Å². The highest BCUT2D eigenvalue weighted by molar-refractivity contribution is 5.93. The molecule has 124 valence electrons. The number of cyclic esters (lactones) is 1. The number of nitrogens with zero attached hydrogens (tertiary/aromatic N) is 4. The molecule has 2 amide bonds. The molecule has 24 heavy (non-hydrogen) atoms. The van der Waals surface area contributed by atoms with Crippen molar-refractivity contribution in [2.75, 3.05) is 26.2 Å². The van der Waals surface area contributed by atoms with E-state index in [9.17, 15) is 9.59 Å². The maximum absolute atomic E-state index is 12.6. The first-order chi connectivity index (χ1) is 11.7. The number of likely N-dealkylation sites (tertiary alicyclic amines) is 1. The van der Waals surface area contributed by atoms with Gasteiger partial charge in [0.2, 0.25) is 0 Å². The van der Waals surface area contributed by atoms with Crippen molar-refractivity contribution in [3.05, 3.63) is 36.3 Å². The van der Waals surface area contributed by atoms with Crippen molar-refractivity contribution in [2.45, 2.75) is 12.5 Å². The Hall–Kier alpha value is -2.90. The summed E-state index contributed by atoms with van der Waals surface area (Å²) in [5.74, 6) is 0.314. The van der Waals surface area contributed by atoms with Gasteiger partial charge >= 0.3 is 6.09 Å². The number of hydrogen-bond donors (Lipinski definition) is 0. The molecule has 2 saturated heterocycles. The van der Waals surface area contributed by atoms with Gasteiger partial charge < -0.3 is 14.2 Å².